The van der Waals surface area contributed by atoms with Crippen LogP contribution in [0, 0.1) is 6.92 Å². The van der Waals surface area contributed by atoms with Crippen LogP contribution in [0.15, 0.2) is 6.07 Å². The number of urea groups is 1. The molecule has 0 aliphatic carbocycles. The maximum absolute atomic E-state index is 11.3. The van der Waals surface area contributed by atoms with Gasteiger partial charge in [-0.2, -0.15) is 5.10 Å². The highest BCUT2D eigenvalue weighted by Gasteiger charge is 2.14. The van der Waals surface area contributed by atoms with Gasteiger partial charge in [-0.25, -0.2) is 4.79 Å². The predicted octanol–water partition coefficient (Wildman–Crippen LogP) is 1.00. The van der Waals surface area contributed by atoms with Gasteiger partial charge in [0.1, 0.15) is 11.2 Å². The number of nitrogens with one attached hydrogen (secondary N) is 2. The Morgan fingerprint density at radius 3 is 2.62 bits per heavy atom. The normalized spacial score (nSPS) is 12.0. The monoisotopic (exact) mass is 244 g/mol. The highest BCUT2D eigenvalue weighted by atomic mass is 35.5. The zero-order chi connectivity index (χ0) is 12.3. The number of anilines is 1. The van der Waals surface area contributed by atoms with Gasteiger partial charge in [-0.15, -0.1) is 11.6 Å². The van der Waals surface area contributed by atoms with Crippen LogP contribution in [0.1, 0.15) is 12.6 Å². The van der Waals surface area contributed by atoms with Crippen LogP contribution in [-0.2, 0) is 11.8 Å². The van der Waals surface area contributed by atoms with E-state index in [0.717, 1.165) is 5.69 Å². The molecular formula is C9H13ClN4O2. The van der Waals surface area contributed by atoms with Crippen molar-refractivity contribution in [3.8, 4) is 0 Å². The van der Waals surface area contributed by atoms with Crippen molar-refractivity contribution in [2.24, 2.45) is 7.05 Å². The summed E-state index contributed by atoms with van der Waals surface area (Å²) in [6.07, 6.45) is 0. The Balaban J connectivity index is 2.58. The molecule has 0 radical (unpaired) electrons. The lowest BCUT2D eigenvalue weighted by Crippen LogP contribution is -2.38. The first-order chi connectivity index (χ1) is 7.40. The van der Waals surface area contributed by atoms with Crippen LogP contribution in [0.5, 0.6) is 0 Å². The Morgan fingerprint density at radius 1 is 1.56 bits per heavy atom. The minimum absolute atomic E-state index is 0.505. The zero-order valence-corrected chi connectivity index (χ0v) is 10.00. The Kier molecular flexibility index (Phi) is 3.89. The molecule has 1 rings (SSSR count). The van der Waals surface area contributed by atoms with Crippen LogP contribution in [0.4, 0.5) is 10.6 Å². The Labute approximate surface area is 98.0 Å². The highest BCUT2D eigenvalue weighted by Crippen LogP contribution is 2.07. The number of rotatable bonds is 2. The van der Waals surface area contributed by atoms with Crippen molar-refractivity contribution in [3.63, 3.8) is 0 Å². The lowest BCUT2D eigenvalue weighted by Gasteiger charge is -2.07. The minimum atomic E-state index is -0.751. The summed E-state index contributed by atoms with van der Waals surface area (Å²) in [5.41, 5.74) is 0.773. The third-order valence-corrected chi connectivity index (χ3v) is 2.04. The van der Waals surface area contributed by atoms with E-state index in [0.29, 0.717) is 5.82 Å². The molecule has 0 aromatic carbocycles. The van der Waals surface area contributed by atoms with E-state index in [1.807, 2.05) is 0 Å². The number of nitrogens with zero attached hydrogens (tertiary/aromatic N) is 2. The van der Waals surface area contributed by atoms with Gasteiger partial charge in [0.05, 0.1) is 5.69 Å². The van der Waals surface area contributed by atoms with Crippen molar-refractivity contribution in [2.45, 2.75) is 19.2 Å². The van der Waals surface area contributed by atoms with Crippen LogP contribution in [0.25, 0.3) is 0 Å². The number of aryl methyl sites for hydroxylation is 2. The SMILES string of the molecule is Cc1cc(NC(=O)NC(=O)C(C)Cl)n(C)n1. The lowest BCUT2D eigenvalue weighted by atomic mass is 10.4. The molecule has 6 nitrogen and oxygen atoms in total. The van der Waals surface area contributed by atoms with E-state index in [1.54, 1.807) is 20.0 Å². The molecule has 3 amide bonds. The molecule has 2 N–H and O–H groups in total. The summed E-state index contributed by atoms with van der Waals surface area (Å²) in [7, 11) is 1.69. The Morgan fingerprint density at radius 2 is 2.19 bits per heavy atom. The number of aromatic nitrogens is 2. The second-order valence-corrected chi connectivity index (χ2v) is 4.01. The van der Waals surface area contributed by atoms with Gasteiger partial charge >= 0.3 is 6.03 Å². The standard InChI is InChI=1S/C9H13ClN4O2/c1-5-4-7(14(3)13-5)11-9(16)12-8(15)6(2)10/h4,6H,1-3H3,(H2,11,12,15,16). The maximum Gasteiger partial charge on any atom is 0.327 e. The van der Waals surface area contributed by atoms with Crippen LogP contribution >= 0.6 is 11.6 Å². The average molecular weight is 245 g/mol. The quantitative estimate of drug-likeness (QED) is 0.763. The number of hydrogen-bond donors (Lipinski definition) is 2. The summed E-state index contributed by atoms with van der Waals surface area (Å²) in [5, 5.41) is 7.88. The van der Waals surface area contributed by atoms with Gasteiger partial charge in [0.15, 0.2) is 0 Å². The summed E-state index contributed by atoms with van der Waals surface area (Å²) in [6, 6.07) is 1.06. The Bertz CT molecular complexity index is 414. The van der Waals surface area contributed by atoms with Crippen LogP contribution in [0.3, 0.4) is 0 Å². The fourth-order valence-corrected chi connectivity index (χ4v) is 1.14. The maximum atomic E-state index is 11.3. The van der Waals surface area contributed by atoms with Gasteiger partial charge in [0.25, 0.3) is 0 Å². The third-order valence-electron chi connectivity index (χ3n) is 1.84. The number of halogens is 1. The van der Waals surface area contributed by atoms with Crippen LogP contribution in [0.2, 0.25) is 0 Å². The smallest absolute Gasteiger partial charge is 0.292 e. The van der Waals surface area contributed by atoms with E-state index in [2.05, 4.69) is 15.7 Å². The second kappa shape index (κ2) is 4.98. The second-order valence-electron chi connectivity index (χ2n) is 3.35. The number of hydrogen-bond acceptors (Lipinski definition) is 3. The lowest BCUT2D eigenvalue weighted by molar-refractivity contribution is -0.119. The van der Waals surface area contributed by atoms with E-state index in [-0.39, 0.29) is 0 Å². The van der Waals surface area contributed by atoms with Crippen molar-refractivity contribution in [2.75, 3.05) is 5.32 Å². The molecule has 1 atom stereocenters. The molecule has 88 valence electrons. The summed E-state index contributed by atoms with van der Waals surface area (Å²) >= 11 is 5.50. The fourth-order valence-electron chi connectivity index (χ4n) is 1.09. The number of carbonyl (C=O) groups excluding carboxylic acids is 2. The molecule has 16 heavy (non-hydrogen) atoms. The summed E-state index contributed by atoms with van der Waals surface area (Å²) in [6.45, 7) is 3.29. The molecule has 0 bridgehead atoms. The average Bonchev–Trinajstić information content (AvgIpc) is 2.44. The van der Waals surface area contributed by atoms with E-state index in [1.165, 1.54) is 11.6 Å². The topological polar surface area (TPSA) is 76.0 Å². The molecular weight excluding hydrogens is 232 g/mol. The largest absolute Gasteiger partial charge is 0.327 e. The Hall–Kier alpha value is -1.56. The molecule has 1 aromatic heterocycles. The predicted molar refractivity (Wildman–Crippen MR) is 60.4 cm³/mol. The zero-order valence-electron chi connectivity index (χ0n) is 9.24. The van der Waals surface area contributed by atoms with Gasteiger partial charge in [-0.05, 0) is 13.8 Å². The molecule has 1 aromatic rings. The molecule has 0 saturated carbocycles. The van der Waals surface area contributed by atoms with Gasteiger partial charge in [0, 0.05) is 13.1 Å². The van der Waals surface area contributed by atoms with Crippen molar-refractivity contribution >= 4 is 29.4 Å². The number of alkyl halides is 1. The van der Waals surface area contributed by atoms with E-state index in [9.17, 15) is 9.59 Å². The van der Waals surface area contributed by atoms with E-state index < -0.39 is 17.3 Å². The third kappa shape index (κ3) is 3.23. The van der Waals surface area contributed by atoms with Gasteiger partial charge < -0.3 is 0 Å². The number of amides is 3. The van der Waals surface area contributed by atoms with E-state index >= 15 is 0 Å². The molecule has 0 aliphatic rings. The summed E-state index contributed by atoms with van der Waals surface area (Å²) < 4.78 is 1.50. The van der Waals surface area contributed by atoms with Gasteiger partial charge in [-0.1, -0.05) is 0 Å². The highest BCUT2D eigenvalue weighted by molar-refractivity contribution is 6.31. The van der Waals surface area contributed by atoms with Crippen molar-refractivity contribution in [1.82, 2.24) is 15.1 Å². The van der Waals surface area contributed by atoms with Crippen molar-refractivity contribution in [1.29, 1.82) is 0 Å². The molecule has 0 aliphatic heterocycles. The summed E-state index contributed by atoms with van der Waals surface area (Å²) in [5.74, 6) is -0.0388. The van der Waals surface area contributed by atoms with E-state index in [4.69, 9.17) is 11.6 Å². The van der Waals surface area contributed by atoms with Crippen molar-refractivity contribution < 1.29 is 9.59 Å². The van der Waals surface area contributed by atoms with Crippen molar-refractivity contribution in [3.05, 3.63) is 11.8 Å². The minimum Gasteiger partial charge on any atom is -0.292 e. The molecule has 1 unspecified atom stereocenters. The molecule has 7 heteroatoms. The first-order valence-electron chi connectivity index (χ1n) is 4.66. The first kappa shape index (κ1) is 12.5. The molecule has 0 spiro atoms. The summed E-state index contributed by atoms with van der Waals surface area (Å²) in [4.78, 5) is 22.5. The van der Waals surface area contributed by atoms with Crippen LogP contribution < -0.4 is 10.6 Å². The molecule has 0 fully saturated rings. The van der Waals surface area contributed by atoms with Crippen LogP contribution in [-0.4, -0.2) is 27.1 Å². The fraction of sp³-hybridized carbons (Fsp3) is 0.444. The number of carbonyl (C=O) groups is 2. The van der Waals surface area contributed by atoms with Gasteiger partial charge in [0.2, 0.25) is 5.91 Å². The first-order valence-corrected chi connectivity index (χ1v) is 5.10. The molecule has 1 heterocycles. The number of imide groups is 1. The molecule has 0 saturated heterocycles. The van der Waals surface area contributed by atoms with Gasteiger partial charge in [-0.3, -0.25) is 20.1 Å².